The molecule has 2 rings (SSSR count). The van der Waals surface area contributed by atoms with Gasteiger partial charge in [0.15, 0.2) is 0 Å². The average molecular weight is 229 g/mol. The first-order chi connectivity index (χ1) is 6.98. The molecule has 1 N–H and O–H groups in total. The average Bonchev–Trinajstić information content (AvgIpc) is 2.16. The Hall–Kier alpha value is 0.110. The lowest BCUT2D eigenvalue weighted by Crippen LogP contribution is -2.53. The van der Waals surface area contributed by atoms with E-state index in [4.69, 9.17) is 0 Å². The third-order valence-corrected chi connectivity index (χ3v) is 5.87. The van der Waals surface area contributed by atoms with Crippen LogP contribution in [0.15, 0.2) is 0 Å². The van der Waals surface area contributed by atoms with E-state index >= 15 is 0 Å². The van der Waals surface area contributed by atoms with Crippen LogP contribution in [-0.4, -0.2) is 27.8 Å². The molecule has 1 saturated carbocycles. The van der Waals surface area contributed by atoms with Crippen LogP contribution in [0.4, 0.5) is 0 Å². The molecule has 0 bridgehead atoms. The summed E-state index contributed by atoms with van der Waals surface area (Å²) in [6.45, 7) is 7.90. The van der Waals surface area contributed by atoms with Gasteiger partial charge in [-0.3, -0.25) is 4.21 Å². The van der Waals surface area contributed by atoms with Gasteiger partial charge in [-0.25, -0.2) is 0 Å². The lowest BCUT2D eigenvalue weighted by molar-refractivity contribution is 0.162. The van der Waals surface area contributed by atoms with Crippen molar-refractivity contribution in [1.82, 2.24) is 5.32 Å². The van der Waals surface area contributed by atoms with Crippen LogP contribution in [0, 0.1) is 11.3 Å². The summed E-state index contributed by atoms with van der Waals surface area (Å²) in [7, 11) is -0.575. The van der Waals surface area contributed by atoms with Crippen LogP contribution < -0.4 is 5.32 Å². The minimum absolute atomic E-state index is 0.382. The number of hydrogen-bond donors (Lipinski definition) is 1. The van der Waals surface area contributed by atoms with Crippen LogP contribution in [-0.2, 0) is 10.8 Å². The van der Waals surface area contributed by atoms with Crippen molar-refractivity contribution < 1.29 is 4.21 Å². The van der Waals surface area contributed by atoms with Crippen molar-refractivity contribution in [3.05, 3.63) is 0 Å². The van der Waals surface area contributed by atoms with Gasteiger partial charge >= 0.3 is 0 Å². The van der Waals surface area contributed by atoms with E-state index in [0.717, 1.165) is 24.6 Å². The molecule has 0 radical (unpaired) electrons. The summed E-state index contributed by atoms with van der Waals surface area (Å²) in [6.07, 6.45) is 3.68. The molecule has 1 saturated heterocycles. The Bertz CT molecular complexity index is 259. The van der Waals surface area contributed by atoms with Crippen LogP contribution in [0.3, 0.4) is 0 Å². The zero-order chi connectivity index (χ0) is 11.1. The first-order valence-corrected chi connectivity index (χ1v) is 7.47. The van der Waals surface area contributed by atoms with Gasteiger partial charge in [0, 0.05) is 29.1 Å². The molecule has 0 aromatic rings. The minimum Gasteiger partial charge on any atom is -0.312 e. The molecular formula is C12H23NOS. The summed E-state index contributed by atoms with van der Waals surface area (Å²) in [5.74, 6) is 1.61. The second-order valence-electron chi connectivity index (χ2n) is 6.06. The highest BCUT2D eigenvalue weighted by atomic mass is 32.2. The normalized spacial score (nSPS) is 42.3. The Morgan fingerprint density at radius 3 is 2.67 bits per heavy atom. The van der Waals surface area contributed by atoms with Gasteiger partial charge in [0.25, 0.3) is 0 Å². The van der Waals surface area contributed by atoms with Crippen LogP contribution >= 0.6 is 0 Å². The Morgan fingerprint density at radius 2 is 2.00 bits per heavy atom. The molecular weight excluding hydrogens is 206 g/mol. The van der Waals surface area contributed by atoms with Crippen molar-refractivity contribution in [2.24, 2.45) is 11.3 Å². The second kappa shape index (κ2) is 4.17. The summed E-state index contributed by atoms with van der Waals surface area (Å²) >= 11 is 0. The maximum Gasteiger partial charge on any atom is 0.0504 e. The van der Waals surface area contributed by atoms with Gasteiger partial charge in [0.05, 0.1) is 5.25 Å². The second-order valence-corrected chi connectivity index (χ2v) is 7.84. The largest absolute Gasteiger partial charge is 0.312 e. The SMILES string of the molecule is CC(C)(C)C1CCC2NCCS(=O)C2C1. The number of hydrogen-bond acceptors (Lipinski definition) is 2. The topological polar surface area (TPSA) is 29.1 Å². The molecule has 1 heterocycles. The van der Waals surface area contributed by atoms with Gasteiger partial charge in [-0.15, -0.1) is 0 Å². The van der Waals surface area contributed by atoms with E-state index in [9.17, 15) is 4.21 Å². The highest BCUT2D eigenvalue weighted by molar-refractivity contribution is 7.85. The van der Waals surface area contributed by atoms with Gasteiger partial charge < -0.3 is 5.32 Å². The number of nitrogens with one attached hydrogen (secondary N) is 1. The molecule has 0 amide bonds. The molecule has 1 aliphatic carbocycles. The van der Waals surface area contributed by atoms with Crippen LogP contribution in [0.1, 0.15) is 40.0 Å². The summed E-state index contributed by atoms with van der Waals surface area (Å²) in [5, 5.41) is 3.96. The van der Waals surface area contributed by atoms with Crippen molar-refractivity contribution in [2.45, 2.75) is 51.3 Å². The Labute approximate surface area is 95.7 Å². The lowest BCUT2D eigenvalue weighted by Gasteiger charge is -2.43. The van der Waals surface area contributed by atoms with E-state index in [1.165, 1.54) is 12.8 Å². The fourth-order valence-corrected chi connectivity index (χ4v) is 4.60. The lowest BCUT2D eigenvalue weighted by atomic mass is 9.71. The van der Waals surface area contributed by atoms with Crippen molar-refractivity contribution >= 4 is 10.8 Å². The monoisotopic (exact) mass is 229 g/mol. The van der Waals surface area contributed by atoms with Gasteiger partial charge in [0.2, 0.25) is 0 Å². The molecule has 3 heteroatoms. The number of fused-ring (bicyclic) bond motifs is 1. The predicted molar refractivity (Wildman–Crippen MR) is 65.4 cm³/mol. The molecule has 2 aliphatic rings. The van der Waals surface area contributed by atoms with E-state index in [1.807, 2.05) is 0 Å². The molecule has 4 atom stereocenters. The maximum absolute atomic E-state index is 12.0. The number of rotatable bonds is 0. The third kappa shape index (κ3) is 2.44. The van der Waals surface area contributed by atoms with Crippen molar-refractivity contribution in [3.63, 3.8) is 0 Å². The van der Waals surface area contributed by atoms with E-state index in [2.05, 4.69) is 26.1 Å². The fourth-order valence-electron chi connectivity index (χ4n) is 2.94. The van der Waals surface area contributed by atoms with Gasteiger partial charge in [-0.05, 0) is 30.6 Å². The van der Waals surface area contributed by atoms with Crippen LogP contribution in [0.5, 0.6) is 0 Å². The predicted octanol–water partition coefficient (Wildman–Crippen LogP) is 1.92. The molecule has 15 heavy (non-hydrogen) atoms. The Morgan fingerprint density at radius 1 is 1.27 bits per heavy atom. The standard InChI is InChI=1S/C12H23NOS/c1-12(2,3)9-4-5-10-11(8-9)15(14)7-6-13-10/h9-11,13H,4-8H2,1-3H3. The molecule has 1 aliphatic heterocycles. The molecule has 0 aromatic heterocycles. The van der Waals surface area contributed by atoms with Crippen molar-refractivity contribution in [1.29, 1.82) is 0 Å². The maximum atomic E-state index is 12.0. The minimum atomic E-state index is -0.575. The highest BCUT2D eigenvalue weighted by Crippen LogP contribution is 2.40. The smallest absolute Gasteiger partial charge is 0.0504 e. The summed E-state index contributed by atoms with van der Waals surface area (Å²) in [5.41, 5.74) is 0.382. The highest BCUT2D eigenvalue weighted by Gasteiger charge is 2.39. The first-order valence-electron chi connectivity index (χ1n) is 6.09. The molecule has 2 fully saturated rings. The third-order valence-electron chi connectivity index (χ3n) is 4.06. The zero-order valence-electron chi connectivity index (χ0n) is 10.1. The first kappa shape index (κ1) is 11.6. The molecule has 0 aromatic carbocycles. The van der Waals surface area contributed by atoms with E-state index in [-0.39, 0.29) is 0 Å². The van der Waals surface area contributed by atoms with Gasteiger partial charge in [-0.2, -0.15) is 0 Å². The van der Waals surface area contributed by atoms with E-state index in [0.29, 0.717) is 16.7 Å². The van der Waals surface area contributed by atoms with Crippen molar-refractivity contribution in [3.8, 4) is 0 Å². The van der Waals surface area contributed by atoms with Crippen LogP contribution in [0.25, 0.3) is 0 Å². The fraction of sp³-hybridized carbons (Fsp3) is 1.00. The van der Waals surface area contributed by atoms with Gasteiger partial charge in [-0.1, -0.05) is 20.8 Å². The molecule has 88 valence electrons. The Balaban J connectivity index is 2.05. The van der Waals surface area contributed by atoms with E-state index < -0.39 is 10.8 Å². The van der Waals surface area contributed by atoms with Crippen LogP contribution in [0.2, 0.25) is 0 Å². The Kier molecular flexibility index (Phi) is 3.22. The zero-order valence-corrected chi connectivity index (χ0v) is 10.9. The van der Waals surface area contributed by atoms with Gasteiger partial charge in [0.1, 0.15) is 0 Å². The quantitative estimate of drug-likeness (QED) is 0.687. The van der Waals surface area contributed by atoms with E-state index in [1.54, 1.807) is 0 Å². The summed E-state index contributed by atoms with van der Waals surface area (Å²) in [4.78, 5) is 0. The summed E-state index contributed by atoms with van der Waals surface area (Å²) < 4.78 is 12.0. The molecule has 2 nitrogen and oxygen atoms in total. The molecule has 0 spiro atoms. The molecule has 4 unspecified atom stereocenters. The van der Waals surface area contributed by atoms with Crippen molar-refractivity contribution in [2.75, 3.05) is 12.3 Å². The summed E-state index contributed by atoms with van der Waals surface area (Å²) in [6, 6.07) is 0.540.